The van der Waals surface area contributed by atoms with Gasteiger partial charge >= 0.3 is 5.97 Å². The average Bonchev–Trinajstić information content (AvgIpc) is 2.30. The van der Waals surface area contributed by atoms with Gasteiger partial charge in [0.05, 0.1) is 6.61 Å². The molecule has 0 aliphatic carbocycles. The summed E-state index contributed by atoms with van der Waals surface area (Å²) in [5, 5.41) is 0. The van der Waals surface area contributed by atoms with Crippen LogP contribution in [0.3, 0.4) is 0 Å². The van der Waals surface area contributed by atoms with Crippen molar-refractivity contribution in [1.82, 2.24) is 0 Å². The lowest BCUT2D eigenvalue weighted by Crippen LogP contribution is -2.02. The molecule has 17 heavy (non-hydrogen) atoms. The Morgan fingerprint density at radius 3 is 2.76 bits per heavy atom. The molecule has 0 saturated heterocycles. The van der Waals surface area contributed by atoms with Crippen molar-refractivity contribution in [2.75, 3.05) is 18.1 Å². The lowest BCUT2D eigenvalue weighted by molar-refractivity contribution is -0.137. The van der Waals surface area contributed by atoms with Crippen LogP contribution >= 0.6 is 0 Å². The Morgan fingerprint density at radius 2 is 2.12 bits per heavy atom. The van der Waals surface area contributed by atoms with E-state index < -0.39 is 0 Å². The molecule has 0 fully saturated rings. The van der Waals surface area contributed by atoms with Crippen molar-refractivity contribution in [2.24, 2.45) is 0 Å². The van der Waals surface area contributed by atoms with Gasteiger partial charge in [0.2, 0.25) is 0 Å². The van der Waals surface area contributed by atoms with Crippen molar-refractivity contribution in [3.05, 3.63) is 36.4 Å². The van der Waals surface area contributed by atoms with Gasteiger partial charge in [-0.2, -0.15) is 0 Å². The number of anilines is 2. The van der Waals surface area contributed by atoms with E-state index in [1.807, 2.05) is 12.1 Å². The summed E-state index contributed by atoms with van der Waals surface area (Å²) in [6.45, 7) is 3.74. The summed E-state index contributed by atoms with van der Waals surface area (Å²) < 4.78 is 4.87. The molecule has 0 heterocycles. The number of unbranched alkanes of at least 4 members (excludes halogenated alkanes) is 1. The second-order valence-corrected chi connectivity index (χ2v) is 3.79. The molecule has 0 unspecified atom stereocenters. The number of benzene rings is 1. The predicted octanol–water partition coefficient (Wildman–Crippen LogP) is 1.90. The molecule has 4 nitrogen and oxygen atoms in total. The van der Waals surface area contributed by atoms with Crippen LogP contribution in [0.1, 0.15) is 18.4 Å². The SMILES string of the molecule is C=CC(=O)OCCCCc1ccc(N)cc1N. The average molecular weight is 234 g/mol. The van der Waals surface area contributed by atoms with E-state index in [0.717, 1.165) is 30.9 Å². The molecular weight excluding hydrogens is 216 g/mol. The maximum absolute atomic E-state index is 10.8. The van der Waals surface area contributed by atoms with Crippen LogP contribution in [0.4, 0.5) is 11.4 Å². The number of carbonyl (C=O) groups is 1. The first-order valence-electron chi connectivity index (χ1n) is 5.56. The molecule has 0 spiro atoms. The van der Waals surface area contributed by atoms with Crippen molar-refractivity contribution in [2.45, 2.75) is 19.3 Å². The zero-order chi connectivity index (χ0) is 12.7. The third kappa shape index (κ3) is 4.59. The number of hydrogen-bond donors (Lipinski definition) is 2. The number of nitrogen functional groups attached to an aromatic ring is 2. The Bertz CT molecular complexity index is 402. The van der Waals surface area contributed by atoms with Crippen LogP contribution in [0, 0.1) is 0 Å². The first-order valence-corrected chi connectivity index (χ1v) is 5.56. The van der Waals surface area contributed by atoms with E-state index in [2.05, 4.69) is 6.58 Å². The molecule has 0 saturated carbocycles. The Hall–Kier alpha value is -1.97. The van der Waals surface area contributed by atoms with E-state index in [1.54, 1.807) is 6.07 Å². The fourth-order valence-electron chi connectivity index (χ4n) is 1.49. The molecule has 0 aliphatic rings. The molecule has 4 N–H and O–H groups in total. The summed E-state index contributed by atoms with van der Waals surface area (Å²) in [6, 6.07) is 5.52. The molecule has 0 amide bonds. The topological polar surface area (TPSA) is 78.3 Å². The van der Waals surface area contributed by atoms with Gasteiger partial charge in [-0.15, -0.1) is 0 Å². The van der Waals surface area contributed by atoms with Crippen LogP contribution in [0.25, 0.3) is 0 Å². The quantitative estimate of drug-likeness (QED) is 0.341. The highest BCUT2D eigenvalue weighted by Gasteiger charge is 2.00. The monoisotopic (exact) mass is 234 g/mol. The number of esters is 1. The van der Waals surface area contributed by atoms with Gasteiger partial charge in [-0.05, 0) is 37.0 Å². The van der Waals surface area contributed by atoms with Gasteiger partial charge in [-0.1, -0.05) is 12.6 Å². The molecule has 0 aliphatic heterocycles. The van der Waals surface area contributed by atoms with Gasteiger partial charge in [-0.25, -0.2) is 4.79 Å². The van der Waals surface area contributed by atoms with E-state index in [0.29, 0.717) is 18.0 Å². The van der Waals surface area contributed by atoms with Gasteiger partial charge in [0.1, 0.15) is 0 Å². The minimum atomic E-state index is -0.378. The van der Waals surface area contributed by atoms with Crippen LogP contribution in [-0.2, 0) is 16.0 Å². The van der Waals surface area contributed by atoms with E-state index in [1.165, 1.54) is 0 Å². The third-order valence-electron chi connectivity index (χ3n) is 2.42. The molecule has 1 rings (SSSR count). The summed E-state index contributed by atoms with van der Waals surface area (Å²) in [5.41, 5.74) is 13.9. The molecule has 1 aromatic rings. The number of nitrogens with two attached hydrogens (primary N) is 2. The molecule has 0 radical (unpaired) electrons. The van der Waals surface area contributed by atoms with Crippen LogP contribution in [-0.4, -0.2) is 12.6 Å². The highest BCUT2D eigenvalue weighted by atomic mass is 16.5. The third-order valence-corrected chi connectivity index (χ3v) is 2.42. The standard InChI is InChI=1S/C13H18N2O2/c1-2-13(16)17-8-4-3-5-10-6-7-11(14)9-12(10)15/h2,6-7,9H,1,3-5,8,14-15H2. The normalized spacial score (nSPS) is 9.88. The van der Waals surface area contributed by atoms with Gasteiger partial charge in [0.15, 0.2) is 0 Å². The molecule has 92 valence electrons. The predicted molar refractivity (Wildman–Crippen MR) is 69.4 cm³/mol. The smallest absolute Gasteiger partial charge is 0.330 e. The number of aryl methyl sites for hydroxylation is 1. The Balaban J connectivity index is 2.26. The first kappa shape index (κ1) is 13.1. The largest absolute Gasteiger partial charge is 0.463 e. The van der Waals surface area contributed by atoms with Gasteiger partial charge in [0.25, 0.3) is 0 Å². The molecular formula is C13H18N2O2. The van der Waals surface area contributed by atoms with Crippen molar-refractivity contribution >= 4 is 17.3 Å². The molecule has 4 heteroatoms. The van der Waals surface area contributed by atoms with E-state index in [4.69, 9.17) is 16.2 Å². The number of carbonyl (C=O) groups excluding carboxylic acids is 1. The Kier molecular flexibility index (Phi) is 5.07. The second-order valence-electron chi connectivity index (χ2n) is 3.79. The molecule has 0 aromatic heterocycles. The molecule has 0 bridgehead atoms. The summed E-state index contributed by atoms with van der Waals surface area (Å²) in [6.07, 6.45) is 3.75. The lowest BCUT2D eigenvalue weighted by Gasteiger charge is -2.06. The highest BCUT2D eigenvalue weighted by molar-refractivity contribution is 5.81. The Morgan fingerprint density at radius 1 is 1.35 bits per heavy atom. The van der Waals surface area contributed by atoms with Crippen molar-refractivity contribution in [3.63, 3.8) is 0 Å². The minimum absolute atomic E-state index is 0.378. The highest BCUT2D eigenvalue weighted by Crippen LogP contribution is 2.17. The van der Waals surface area contributed by atoms with E-state index >= 15 is 0 Å². The Labute approximate surface area is 101 Å². The van der Waals surface area contributed by atoms with Crippen LogP contribution in [0.15, 0.2) is 30.9 Å². The van der Waals surface area contributed by atoms with Crippen LogP contribution in [0.2, 0.25) is 0 Å². The van der Waals surface area contributed by atoms with E-state index in [-0.39, 0.29) is 5.97 Å². The zero-order valence-corrected chi connectivity index (χ0v) is 9.82. The van der Waals surface area contributed by atoms with E-state index in [9.17, 15) is 4.79 Å². The molecule has 1 aromatic carbocycles. The van der Waals surface area contributed by atoms with Gasteiger partial charge in [0, 0.05) is 17.5 Å². The van der Waals surface area contributed by atoms with Crippen molar-refractivity contribution < 1.29 is 9.53 Å². The molecule has 0 atom stereocenters. The maximum atomic E-state index is 10.8. The number of ether oxygens (including phenoxy) is 1. The fourth-order valence-corrected chi connectivity index (χ4v) is 1.49. The van der Waals surface area contributed by atoms with Gasteiger partial charge < -0.3 is 16.2 Å². The number of hydrogen-bond acceptors (Lipinski definition) is 4. The van der Waals surface area contributed by atoms with Crippen molar-refractivity contribution in [3.8, 4) is 0 Å². The maximum Gasteiger partial charge on any atom is 0.330 e. The zero-order valence-electron chi connectivity index (χ0n) is 9.82. The second kappa shape index (κ2) is 6.58. The minimum Gasteiger partial charge on any atom is -0.463 e. The lowest BCUT2D eigenvalue weighted by atomic mass is 10.1. The first-order chi connectivity index (χ1) is 8.13. The number of rotatable bonds is 6. The van der Waals surface area contributed by atoms with Crippen molar-refractivity contribution in [1.29, 1.82) is 0 Å². The fraction of sp³-hybridized carbons (Fsp3) is 0.308. The summed E-state index contributed by atoms with van der Waals surface area (Å²) in [5.74, 6) is -0.378. The summed E-state index contributed by atoms with van der Waals surface area (Å²) in [7, 11) is 0. The van der Waals surface area contributed by atoms with Crippen LogP contribution in [0.5, 0.6) is 0 Å². The summed E-state index contributed by atoms with van der Waals surface area (Å²) in [4.78, 5) is 10.8. The van der Waals surface area contributed by atoms with Crippen LogP contribution < -0.4 is 11.5 Å². The van der Waals surface area contributed by atoms with Gasteiger partial charge in [-0.3, -0.25) is 0 Å². The summed E-state index contributed by atoms with van der Waals surface area (Å²) >= 11 is 0.